The van der Waals surface area contributed by atoms with Crippen LogP contribution in [0.25, 0.3) is 0 Å². The fourth-order valence-corrected chi connectivity index (χ4v) is 8.18. The first kappa shape index (κ1) is 27.7. The van der Waals surface area contributed by atoms with Crippen molar-refractivity contribution in [1.82, 2.24) is 9.80 Å². The van der Waals surface area contributed by atoms with Gasteiger partial charge in [0, 0.05) is 48.3 Å². The molecule has 2 heterocycles. The summed E-state index contributed by atoms with van der Waals surface area (Å²) in [7, 11) is 0. The van der Waals surface area contributed by atoms with Crippen LogP contribution in [0.5, 0.6) is 5.75 Å². The minimum absolute atomic E-state index is 0.0919. The number of phenolic OH excluding ortho intramolecular Hbond substituents is 1. The number of aryl methyl sites for hydroxylation is 1. The summed E-state index contributed by atoms with van der Waals surface area (Å²) in [6.07, 6.45) is 5.70. The molecule has 7 nitrogen and oxygen atoms in total. The molecule has 2 fully saturated rings. The Hall–Kier alpha value is -4.10. The van der Waals surface area contributed by atoms with Gasteiger partial charge < -0.3 is 5.11 Å². The monoisotopic (exact) mass is 576 g/mol. The average molecular weight is 577 g/mol. The largest absolute Gasteiger partial charge is 0.508 e. The van der Waals surface area contributed by atoms with Gasteiger partial charge in [0.15, 0.2) is 11.6 Å². The lowest BCUT2D eigenvalue weighted by atomic mass is 9.59. The molecule has 0 spiro atoms. The van der Waals surface area contributed by atoms with E-state index in [-0.39, 0.29) is 47.5 Å². The van der Waals surface area contributed by atoms with Gasteiger partial charge in [-0.1, -0.05) is 54.1 Å². The number of nitrogens with zero attached hydrogens (tertiary/aromatic N) is 2. The molecule has 4 unspecified atom stereocenters. The van der Waals surface area contributed by atoms with E-state index < -0.39 is 17.8 Å². The Kier molecular flexibility index (Phi) is 6.81. The van der Waals surface area contributed by atoms with E-state index >= 15 is 0 Å². The summed E-state index contributed by atoms with van der Waals surface area (Å²) in [6.45, 7) is 5.96. The van der Waals surface area contributed by atoms with Crippen molar-refractivity contribution in [2.45, 2.75) is 58.0 Å². The standard InChI is InChI=1S/C36H36N2O5/c1-20-16-23(8-11-29(20)39)31-25-9-10-26-32(27(25)18-28-33(31)30(40)17-21(2)34(28)41)36(43)38(35(26)42)24-12-14-37(15-13-24)19-22-6-4-3-5-7-22/h3-9,11,16-17,24,26-27,31-32,39H,10,12-15,18-19H2,1-2H3. The number of aromatic hydroxyl groups is 1. The summed E-state index contributed by atoms with van der Waals surface area (Å²) in [5, 5.41) is 10.2. The quantitative estimate of drug-likeness (QED) is 0.320. The number of carbonyl (C=O) groups is 4. The molecule has 2 aliphatic heterocycles. The number of Topliss-reactive ketones (excluding diaryl/α,β-unsaturated/α-hetero) is 1. The Balaban J connectivity index is 1.19. The Morgan fingerprint density at radius 3 is 2.37 bits per heavy atom. The summed E-state index contributed by atoms with van der Waals surface area (Å²) in [4.78, 5) is 59.0. The zero-order chi connectivity index (χ0) is 30.0. The van der Waals surface area contributed by atoms with E-state index in [2.05, 4.69) is 23.1 Å². The first-order valence-corrected chi connectivity index (χ1v) is 15.4. The van der Waals surface area contributed by atoms with Crippen LogP contribution in [0, 0.1) is 24.7 Å². The van der Waals surface area contributed by atoms with Gasteiger partial charge >= 0.3 is 0 Å². The zero-order valence-electron chi connectivity index (χ0n) is 24.6. The number of amides is 2. The topological polar surface area (TPSA) is 95.0 Å². The van der Waals surface area contributed by atoms with Gasteiger partial charge in [-0.3, -0.25) is 29.0 Å². The van der Waals surface area contributed by atoms with Gasteiger partial charge in [-0.25, -0.2) is 0 Å². The molecular formula is C36H36N2O5. The Bertz CT molecular complexity index is 1640. The number of carbonyl (C=O) groups excluding carboxylic acids is 4. The maximum absolute atomic E-state index is 14.2. The molecule has 2 aromatic carbocycles. The average Bonchev–Trinajstić information content (AvgIpc) is 3.26. The van der Waals surface area contributed by atoms with Crippen LogP contribution in [0.1, 0.15) is 55.2 Å². The van der Waals surface area contributed by atoms with E-state index in [1.807, 2.05) is 24.3 Å². The zero-order valence-corrected chi connectivity index (χ0v) is 24.6. The number of benzene rings is 2. The first-order valence-electron chi connectivity index (χ1n) is 15.4. The highest BCUT2D eigenvalue weighted by atomic mass is 16.3. The van der Waals surface area contributed by atoms with Gasteiger partial charge in [0.1, 0.15) is 5.75 Å². The second-order valence-electron chi connectivity index (χ2n) is 12.8. The van der Waals surface area contributed by atoms with E-state index in [0.29, 0.717) is 28.7 Å². The number of fused-ring (bicyclic) bond motifs is 3. The molecular weight excluding hydrogens is 540 g/mol. The van der Waals surface area contributed by atoms with Crippen molar-refractivity contribution in [1.29, 1.82) is 0 Å². The number of likely N-dealkylation sites (tertiary alicyclic amines) is 2. The SMILES string of the molecule is CC1=CC(=O)C2=C(CC3C(=CCC4C(=O)N(C5CCN(Cc6ccccc6)CC5)C(=O)C43)C2c2ccc(O)c(C)c2)C1=O. The lowest BCUT2D eigenvalue weighted by Gasteiger charge is -2.42. The van der Waals surface area contributed by atoms with Crippen LogP contribution in [0.2, 0.25) is 0 Å². The lowest BCUT2D eigenvalue weighted by molar-refractivity contribution is -0.144. The van der Waals surface area contributed by atoms with E-state index in [4.69, 9.17) is 0 Å². The van der Waals surface area contributed by atoms with Crippen LogP contribution in [0.3, 0.4) is 0 Å². The number of piperidine rings is 1. The van der Waals surface area contributed by atoms with Crippen molar-refractivity contribution in [3.63, 3.8) is 0 Å². The molecule has 0 saturated carbocycles. The van der Waals surface area contributed by atoms with Crippen molar-refractivity contribution in [2.75, 3.05) is 13.1 Å². The fourth-order valence-electron chi connectivity index (χ4n) is 8.18. The number of phenols is 1. The van der Waals surface area contributed by atoms with E-state index in [9.17, 15) is 24.3 Å². The highest BCUT2D eigenvalue weighted by Gasteiger charge is 2.57. The van der Waals surface area contributed by atoms with Crippen molar-refractivity contribution < 1.29 is 24.3 Å². The van der Waals surface area contributed by atoms with Crippen molar-refractivity contribution >= 4 is 23.4 Å². The third-order valence-corrected chi connectivity index (χ3v) is 10.3. The molecule has 0 bridgehead atoms. The normalized spacial score (nSPS) is 28.0. The van der Waals surface area contributed by atoms with Crippen LogP contribution in [-0.4, -0.2) is 57.4 Å². The number of hydrogen-bond acceptors (Lipinski definition) is 6. The third kappa shape index (κ3) is 4.52. The maximum Gasteiger partial charge on any atom is 0.233 e. The second kappa shape index (κ2) is 10.6. The summed E-state index contributed by atoms with van der Waals surface area (Å²) in [5.74, 6) is -2.21. The smallest absolute Gasteiger partial charge is 0.233 e. The van der Waals surface area contributed by atoms with Crippen LogP contribution in [-0.2, 0) is 25.7 Å². The number of imide groups is 1. The molecule has 1 N–H and O–H groups in total. The Morgan fingerprint density at radius 2 is 1.65 bits per heavy atom. The molecule has 7 rings (SSSR count). The van der Waals surface area contributed by atoms with Crippen molar-refractivity contribution in [2.24, 2.45) is 17.8 Å². The molecule has 7 heteroatoms. The molecule has 2 saturated heterocycles. The maximum atomic E-state index is 14.2. The van der Waals surface area contributed by atoms with Gasteiger partial charge in [-0.2, -0.15) is 0 Å². The van der Waals surface area contributed by atoms with Gasteiger partial charge in [0.2, 0.25) is 11.8 Å². The minimum atomic E-state index is -0.543. The summed E-state index contributed by atoms with van der Waals surface area (Å²) >= 11 is 0. The van der Waals surface area contributed by atoms with E-state index in [1.54, 1.807) is 30.9 Å². The highest BCUT2D eigenvalue weighted by Crippen LogP contribution is 2.55. The number of rotatable bonds is 4. The molecule has 0 aromatic heterocycles. The molecule has 0 radical (unpaired) electrons. The minimum Gasteiger partial charge on any atom is -0.508 e. The van der Waals surface area contributed by atoms with Gasteiger partial charge in [0.25, 0.3) is 0 Å². The molecule has 3 aliphatic carbocycles. The molecule has 220 valence electrons. The number of hydrogen-bond donors (Lipinski definition) is 1. The predicted molar refractivity (Wildman–Crippen MR) is 161 cm³/mol. The van der Waals surface area contributed by atoms with Gasteiger partial charge in [-0.15, -0.1) is 0 Å². The lowest BCUT2D eigenvalue weighted by Crippen LogP contribution is -2.47. The van der Waals surface area contributed by atoms with E-state index in [0.717, 1.165) is 43.6 Å². The number of ketones is 2. The molecule has 4 atom stereocenters. The van der Waals surface area contributed by atoms with Crippen LogP contribution in [0.15, 0.2) is 83.0 Å². The van der Waals surface area contributed by atoms with Crippen LogP contribution in [0.4, 0.5) is 0 Å². The van der Waals surface area contributed by atoms with Crippen molar-refractivity contribution in [3.05, 3.63) is 99.7 Å². The molecule has 5 aliphatic rings. The third-order valence-electron chi connectivity index (χ3n) is 10.3. The predicted octanol–water partition coefficient (Wildman–Crippen LogP) is 4.79. The summed E-state index contributed by atoms with van der Waals surface area (Å²) in [6, 6.07) is 15.5. The Morgan fingerprint density at radius 1 is 0.907 bits per heavy atom. The second-order valence-corrected chi connectivity index (χ2v) is 12.8. The van der Waals surface area contributed by atoms with Crippen LogP contribution < -0.4 is 0 Å². The number of allylic oxidation sites excluding steroid dienone is 6. The Labute approximate surface area is 251 Å². The molecule has 2 aromatic rings. The fraction of sp³-hybridized carbons (Fsp3) is 0.389. The van der Waals surface area contributed by atoms with Gasteiger partial charge in [0.05, 0.1) is 11.8 Å². The first-order chi connectivity index (χ1) is 20.7. The van der Waals surface area contributed by atoms with Gasteiger partial charge in [-0.05, 0) is 74.3 Å². The van der Waals surface area contributed by atoms with E-state index in [1.165, 1.54) is 11.6 Å². The van der Waals surface area contributed by atoms with Crippen molar-refractivity contribution in [3.8, 4) is 5.75 Å². The molecule has 2 amide bonds. The summed E-state index contributed by atoms with van der Waals surface area (Å²) < 4.78 is 0. The highest BCUT2D eigenvalue weighted by molar-refractivity contribution is 6.23. The van der Waals surface area contributed by atoms with Crippen LogP contribution >= 0.6 is 0 Å². The molecule has 43 heavy (non-hydrogen) atoms. The summed E-state index contributed by atoms with van der Waals surface area (Å²) in [5.41, 5.74) is 5.03.